The number of nitrogens with one attached hydrogen (secondary N) is 1. The van der Waals surface area contributed by atoms with E-state index in [1.54, 1.807) is 24.3 Å². The van der Waals surface area contributed by atoms with Gasteiger partial charge in [0, 0.05) is 31.3 Å². The molecule has 1 fully saturated rings. The summed E-state index contributed by atoms with van der Waals surface area (Å²) in [5.74, 6) is 0.840. The molecule has 23 heavy (non-hydrogen) atoms. The summed E-state index contributed by atoms with van der Waals surface area (Å²) < 4.78 is 37.9. The molecule has 1 saturated heterocycles. The van der Waals surface area contributed by atoms with Crippen LogP contribution in [0.15, 0.2) is 39.9 Å². The van der Waals surface area contributed by atoms with Crippen molar-refractivity contribution in [2.24, 2.45) is 0 Å². The zero-order valence-corrected chi connectivity index (χ0v) is 13.7. The third-order valence-corrected chi connectivity index (χ3v) is 5.72. The number of hydrogen-bond acceptors (Lipinski definition) is 6. The Balaban J connectivity index is 2.03. The average molecular weight is 337 g/mol. The minimum atomic E-state index is -3.64. The van der Waals surface area contributed by atoms with Gasteiger partial charge in [-0.05, 0) is 31.2 Å². The van der Waals surface area contributed by atoms with Gasteiger partial charge in [0.05, 0.1) is 13.3 Å². The molecular formula is C15H19N3O4S. The predicted molar refractivity (Wildman–Crippen MR) is 84.7 cm³/mol. The fraction of sp³-hybridized carbons (Fsp3) is 0.400. The molecule has 2 aromatic rings. The van der Waals surface area contributed by atoms with Crippen molar-refractivity contribution in [2.75, 3.05) is 33.3 Å². The van der Waals surface area contributed by atoms with Crippen molar-refractivity contribution in [1.82, 2.24) is 14.8 Å². The first-order valence-electron chi connectivity index (χ1n) is 7.43. The Bertz CT molecular complexity index is 751. The van der Waals surface area contributed by atoms with E-state index in [0.717, 1.165) is 13.0 Å². The molecule has 0 saturated carbocycles. The maximum absolute atomic E-state index is 13.0. The Labute approximate surface area is 135 Å². The lowest BCUT2D eigenvalue weighted by Crippen LogP contribution is -2.34. The van der Waals surface area contributed by atoms with Crippen molar-refractivity contribution in [3.63, 3.8) is 0 Å². The van der Waals surface area contributed by atoms with Crippen LogP contribution in [-0.2, 0) is 10.0 Å². The van der Waals surface area contributed by atoms with Crippen LogP contribution in [0.3, 0.4) is 0 Å². The molecule has 8 heteroatoms. The third kappa shape index (κ3) is 3.24. The first-order valence-corrected chi connectivity index (χ1v) is 8.87. The Kier molecular flexibility index (Phi) is 4.65. The number of ether oxygens (including phenoxy) is 1. The van der Waals surface area contributed by atoms with E-state index in [9.17, 15) is 8.42 Å². The monoisotopic (exact) mass is 337 g/mol. The number of rotatable bonds is 4. The largest absolute Gasteiger partial charge is 0.495 e. The van der Waals surface area contributed by atoms with Gasteiger partial charge in [0.15, 0.2) is 5.76 Å². The summed E-state index contributed by atoms with van der Waals surface area (Å²) in [5, 5.41) is 6.86. The maximum Gasteiger partial charge on any atom is 0.246 e. The summed E-state index contributed by atoms with van der Waals surface area (Å²) in [6.45, 7) is 2.40. The molecule has 7 nitrogen and oxygen atoms in total. The minimum Gasteiger partial charge on any atom is -0.495 e. The van der Waals surface area contributed by atoms with Crippen LogP contribution in [0.25, 0.3) is 11.3 Å². The molecule has 1 aromatic carbocycles. The van der Waals surface area contributed by atoms with E-state index in [4.69, 9.17) is 9.26 Å². The van der Waals surface area contributed by atoms with E-state index in [1.165, 1.54) is 17.6 Å². The van der Waals surface area contributed by atoms with Crippen LogP contribution in [0.1, 0.15) is 6.42 Å². The topological polar surface area (TPSA) is 84.7 Å². The molecule has 0 radical (unpaired) electrons. The summed E-state index contributed by atoms with van der Waals surface area (Å²) in [6, 6.07) is 6.66. The van der Waals surface area contributed by atoms with E-state index >= 15 is 0 Å². The van der Waals surface area contributed by atoms with Gasteiger partial charge in [-0.1, -0.05) is 5.16 Å². The molecule has 1 aliphatic heterocycles. The summed E-state index contributed by atoms with van der Waals surface area (Å²) >= 11 is 0. The maximum atomic E-state index is 13.0. The van der Waals surface area contributed by atoms with Crippen molar-refractivity contribution in [2.45, 2.75) is 11.3 Å². The Hall–Kier alpha value is -1.90. The van der Waals surface area contributed by atoms with Crippen LogP contribution in [-0.4, -0.2) is 51.2 Å². The first kappa shape index (κ1) is 16.0. The zero-order valence-electron chi connectivity index (χ0n) is 12.9. The summed E-state index contributed by atoms with van der Waals surface area (Å²) in [6.07, 6.45) is 2.30. The number of benzene rings is 1. The third-order valence-electron chi connectivity index (χ3n) is 3.80. The fourth-order valence-electron chi connectivity index (χ4n) is 2.60. The van der Waals surface area contributed by atoms with E-state index in [0.29, 0.717) is 36.7 Å². The number of hydrogen-bond donors (Lipinski definition) is 1. The molecule has 0 amide bonds. The standard InChI is InChI=1S/C15H19N3O4S/c1-21-14-4-3-12(13-5-7-17-22-13)11-15(14)23(19,20)18-9-2-6-16-8-10-18/h3-5,7,11,16H,2,6,8-10H2,1H3. The predicted octanol–water partition coefficient (Wildman–Crippen LogP) is 1.33. The highest BCUT2D eigenvalue weighted by atomic mass is 32.2. The van der Waals surface area contributed by atoms with Crippen LogP contribution >= 0.6 is 0 Å². The van der Waals surface area contributed by atoms with Crippen molar-refractivity contribution < 1.29 is 17.7 Å². The highest BCUT2D eigenvalue weighted by Gasteiger charge is 2.28. The number of sulfonamides is 1. The molecule has 0 unspecified atom stereocenters. The lowest BCUT2D eigenvalue weighted by atomic mass is 10.2. The lowest BCUT2D eigenvalue weighted by molar-refractivity contribution is 0.393. The van der Waals surface area contributed by atoms with Crippen LogP contribution in [0, 0.1) is 0 Å². The SMILES string of the molecule is COc1ccc(-c2ccno2)cc1S(=O)(=O)N1CCCNCC1. The van der Waals surface area contributed by atoms with E-state index in [-0.39, 0.29) is 4.90 Å². The van der Waals surface area contributed by atoms with Gasteiger partial charge in [-0.25, -0.2) is 8.42 Å². The van der Waals surface area contributed by atoms with Gasteiger partial charge in [0.25, 0.3) is 0 Å². The highest BCUT2D eigenvalue weighted by molar-refractivity contribution is 7.89. The summed E-state index contributed by atoms with van der Waals surface area (Å²) in [4.78, 5) is 0.149. The summed E-state index contributed by atoms with van der Waals surface area (Å²) in [7, 11) is -2.17. The molecule has 0 atom stereocenters. The van der Waals surface area contributed by atoms with Crippen LogP contribution in [0.4, 0.5) is 0 Å². The van der Waals surface area contributed by atoms with Gasteiger partial charge in [0.2, 0.25) is 10.0 Å². The average Bonchev–Trinajstić information content (AvgIpc) is 2.95. The molecule has 1 aliphatic rings. The lowest BCUT2D eigenvalue weighted by Gasteiger charge is -2.21. The van der Waals surface area contributed by atoms with Crippen LogP contribution in [0.2, 0.25) is 0 Å². The van der Waals surface area contributed by atoms with E-state index < -0.39 is 10.0 Å². The summed E-state index contributed by atoms with van der Waals surface area (Å²) in [5.41, 5.74) is 0.648. The van der Waals surface area contributed by atoms with Gasteiger partial charge >= 0.3 is 0 Å². The van der Waals surface area contributed by atoms with Gasteiger partial charge in [0.1, 0.15) is 10.6 Å². The van der Waals surface area contributed by atoms with Gasteiger partial charge in [-0.2, -0.15) is 4.31 Å². The second-order valence-electron chi connectivity index (χ2n) is 5.25. The van der Waals surface area contributed by atoms with Crippen LogP contribution in [0.5, 0.6) is 5.75 Å². The second kappa shape index (κ2) is 6.69. The Morgan fingerprint density at radius 3 is 2.87 bits per heavy atom. The molecule has 0 spiro atoms. The quantitative estimate of drug-likeness (QED) is 0.906. The molecule has 3 rings (SSSR count). The van der Waals surface area contributed by atoms with E-state index in [2.05, 4.69) is 10.5 Å². The normalized spacial score (nSPS) is 16.9. The fourth-order valence-corrected chi connectivity index (χ4v) is 4.26. The molecular weight excluding hydrogens is 318 g/mol. The molecule has 0 aliphatic carbocycles. The van der Waals surface area contributed by atoms with Crippen molar-refractivity contribution in [3.05, 3.63) is 30.5 Å². The van der Waals surface area contributed by atoms with Crippen molar-refractivity contribution in [1.29, 1.82) is 0 Å². The number of nitrogens with zero attached hydrogens (tertiary/aromatic N) is 2. The van der Waals surface area contributed by atoms with Gasteiger partial charge < -0.3 is 14.6 Å². The Morgan fingerprint density at radius 2 is 2.13 bits per heavy atom. The van der Waals surface area contributed by atoms with Crippen molar-refractivity contribution in [3.8, 4) is 17.1 Å². The second-order valence-corrected chi connectivity index (χ2v) is 7.16. The minimum absolute atomic E-state index is 0.149. The first-order chi connectivity index (χ1) is 11.1. The highest BCUT2D eigenvalue weighted by Crippen LogP contribution is 2.31. The van der Waals surface area contributed by atoms with Crippen LogP contribution < -0.4 is 10.1 Å². The Morgan fingerprint density at radius 1 is 1.26 bits per heavy atom. The van der Waals surface area contributed by atoms with Gasteiger partial charge in [-0.3, -0.25) is 0 Å². The zero-order chi connectivity index (χ0) is 16.3. The molecule has 1 N–H and O–H groups in total. The number of methoxy groups -OCH3 is 1. The van der Waals surface area contributed by atoms with Crippen molar-refractivity contribution >= 4 is 10.0 Å². The smallest absolute Gasteiger partial charge is 0.246 e. The van der Waals surface area contributed by atoms with E-state index in [1.807, 2.05) is 0 Å². The molecule has 1 aromatic heterocycles. The molecule has 2 heterocycles. The molecule has 0 bridgehead atoms. The number of aromatic nitrogens is 1. The molecule has 124 valence electrons. The van der Waals surface area contributed by atoms with Gasteiger partial charge in [-0.15, -0.1) is 0 Å².